The van der Waals surface area contributed by atoms with E-state index in [-0.39, 0.29) is 11.9 Å². The van der Waals surface area contributed by atoms with Gasteiger partial charge in [-0.15, -0.1) is 0 Å². The molecule has 0 aliphatic heterocycles. The zero-order valence-corrected chi connectivity index (χ0v) is 19.3. The molecular weight excluding hydrogens is 378 g/mol. The molecule has 0 bridgehead atoms. The van der Waals surface area contributed by atoms with Gasteiger partial charge in [0.15, 0.2) is 6.29 Å². The maximum atomic E-state index is 12.2. The van der Waals surface area contributed by atoms with Crippen LogP contribution in [0.1, 0.15) is 37.7 Å². The van der Waals surface area contributed by atoms with E-state index in [1.807, 2.05) is 19.2 Å². The molecular formula is C23H39N5O2. The van der Waals surface area contributed by atoms with Crippen molar-refractivity contribution in [1.29, 1.82) is 0 Å². The molecule has 1 aromatic rings. The number of hydrogen-bond acceptors (Lipinski definition) is 5. The van der Waals surface area contributed by atoms with E-state index in [1.54, 1.807) is 42.0 Å². The molecule has 1 aliphatic rings. The Morgan fingerprint density at radius 2 is 1.93 bits per heavy atom. The topological polar surface area (TPSA) is 92.4 Å². The number of aromatic nitrogens is 1. The highest BCUT2D eigenvalue weighted by Crippen LogP contribution is 2.13. The molecule has 4 N–H and O–H groups in total. The van der Waals surface area contributed by atoms with Gasteiger partial charge in [0.25, 0.3) is 5.91 Å². The minimum Gasteiger partial charge on any atom is -0.328 e. The normalized spacial score (nSPS) is 16.8. The number of carbonyl (C=O) groups is 2. The molecule has 1 atom stereocenters. The van der Waals surface area contributed by atoms with Crippen LogP contribution in [0.5, 0.6) is 0 Å². The van der Waals surface area contributed by atoms with Gasteiger partial charge >= 0.3 is 0 Å². The lowest BCUT2D eigenvalue weighted by atomic mass is 10.1. The number of anilines is 1. The molecule has 0 saturated heterocycles. The predicted octanol–water partition coefficient (Wildman–Crippen LogP) is 2.73. The van der Waals surface area contributed by atoms with Gasteiger partial charge in [-0.1, -0.05) is 45.1 Å². The fourth-order valence-electron chi connectivity index (χ4n) is 2.10. The third-order valence-corrected chi connectivity index (χ3v) is 4.56. The summed E-state index contributed by atoms with van der Waals surface area (Å²) in [7, 11) is 5.76. The number of allylic oxidation sites excluding steroid dienone is 2. The highest BCUT2D eigenvalue weighted by Gasteiger charge is 2.11. The monoisotopic (exact) mass is 417 g/mol. The van der Waals surface area contributed by atoms with Crippen molar-refractivity contribution in [2.45, 2.75) is 33.2 Å². The largest absolute Gasteiger partial charge is 0.328 e. The zero-order valence-electron chi connectivity index (χ0n) is 19.3. The molecule has 7 nitrogen and oxygen atoms in total. The highest BCUT2D eigenvalue weighted by molar-refractivity contribution is 6.05. The number of amides is 1. The van der Waals surface area contributed by atoms with Crippen molar-refractivity contribution in [2.75, 3.05) is 39.0 Å². The Labute approximate surface area is 181 Å². The summed E-state index contributed by atoms with van der Waals surface area (Å²) in [6, 6.07) is 3.26. The summed E-state index contributed by atoms with van der Waals surface area (Å²) in [5, 5.41) is 5.70. The summed E-state index contributed by atoms with van der Waals surface area (Å²) in [6.45, 7) is 9.78. The molecule has 1 unspecified atom stereocenters. The van der Waals surface area contributed by atoms with Gasteiger partial charge in [0, 0.05) is 18.7 Å². The summed E-state index contributed by atoms with van der Waals surface area (Å²) in [5.41, 5.74) is 6.85. The predicted molar refractivity (Wildman–Crippen MR) is 127 cm³/mol. The van der Waals surface area contributed by atoms with E-state index < -0.39 is 0 Å². The lowest BCUT2D eigenvalue weighted by Crippen LogP contribution is -2.19. The third kappa shape index (κ3) is 10.9. The Morgan fingerprint density at radius 3 is 2.40 bits per heavy atom. The Hall–Kier alpha value is -2.48. The second-order valence-electron chi connectivity index (χ2n) is 6.78. The van der Waals surface area contributed by atoms with Crippen LogP contribution in [0.15, 0.2) is 48.1 Å². The molecule has 1 aromatic heterocycles. The van der Waals surface area contributed by atoms with Crippen LogP contribution in [0.3, 0.4) is 0 Å². The molecule has 2 rings (SSSR count). The van der Waals surface area contributed by atoms with E-state index in [0.717, 1.165) is 32.3 Å². The number of nitrogens with zero attached hydrogens (tertiary/aromatic N) is 2. The van der Waals surface area contributed by atoms with Gasteiger partial charge in [-0.25, -0.2) is 0 Å². The lowest BCUT2D eigenvalue weighted by Gasteiger charge is -2.09. The molecule has 1 amide bonds. The van der Waals surface area contributed by atoms with E-state index in [1.165, 1.54) is 0 Å². The first-order valence-electron chi connectivity index (χ1n) is 10.4. The van der Waals surface area contributed by atoms with E-state index >= 15 is 0 Å². The van der Waals surface area contributed by atoms with Crippen molar-refractivity contribution < 1.29 is 9.59 Å². The van der Waals surface area contributed by atoms with Crippen LogP contribution in [-0.2, 0) is 11.8 Å². The molecule has 1 heterocycles. The van der Waals surface area contributed by atoms with Gasteiger partial charge in [0.05, 0.1) is 5.69 Å². The number of aldehydes is 1. The van der Waals surface area contributed by atoms with Gasteiger partial charge in [0.2, 0.25) is 0 Å². The lowest BCUT2D eigenvalue weighted by molar-refractivity contribution is -0.112. The van der Waals surface area contributed by atoms with E-state index in [2.05, 4.69) is 43.4 Å². The Kier molecular flexibility index (Phi) is 15.0. The van der Waals surface area contributed by atoms with E-state index in [0.29, 0.717) is 17.1 Å². The van der Waals surface area contributed by atoms with Crippen molar-refractivity contribution in [3.63, 3.8) is 0 Å². The van der Waals surface area contributed by atoms with Crippen LogP contribution in [-0.4, -0.2) is 61.4 Å². The fourth-order valence-corrected chi connectivity index (χ4v) is 2.10. The van der Waals surface area contributed by atoms with Crippen LogP contribution in [0, 0.1) is 0 Å². The number of hydrogen-bond donors (Lipinski definition) is 3. The Balaban J connectivity index is 0.000000703. The smallest absolute Gasteiger partial charge is 0.256 e. The van der Waals surface area contributed by atoms with Crippen molar-refractivity contribution in [3.05, 3.63) is 53.8 Å². The van der Waals surface area contributed by atoms with Gasteiger partial charge < -0.3 is 25.8 Å². The van der Waals surface area contributed by atoms with Gasteiger partial charge in [-0.05, 0) is 58.4 Å². The standard InChI is InChI=1S/C15H17N3O2.C5H13N.C3H9N/c1-18-13(10-19)8-9-14(18)17-15(20)11-4-2-3-5-12(16)7-6-11;1-4-6(3)5-2;1-3-4-2/h2-4,6-10,12H,5,16H2,1H3,(H,17,20);4-5H2,1-3H3;4H,3H2,1-2H3/b3-2?,7-6?,11-4+;;. The van der Waals surface area contributed by atoms with Gasteiger partial charge in [0.1, 0.15) is 5.82 Å². The number of nitrogens with two attached hydrogens (primary N) is 1. The SMILES string of the molecule is CCN(C)CC.CCNC.Cn1c(C=O)ccc1NC(=O)/C1=C/C=CCC(N)C=C1. The first-order chi connectivity index (χ1) is 14.3. The quantitative estimate of drug-likeness (QED) is 0.619. The molecule has 168 valence electrons. The molecule has 0 aromatic carbocycles. The average Bonchev–Trinajstić information content (AvgIpc) is 3.10. The first-order valence-corrected chi connectivity index (χ1v) is 10.4. The summed E-state index contributed by atoms with van der Waals surface area (Å²) in [5.74, 6) is 0.334. The Bertz CT molecular complexity index is 713. The zero-order chi connectivity index (χ0) is 22.9. The van der Waals surface area contributed by atoms with Gasteiger partial charge in [-0.3, -0.25) is 9.59 Å². The molecule has 0 fully saturated rings. The first kappa shape index (κ1) is 27.5. The number of rotatable bonds is 6. The van der Waals surface area contributed by atoms with Crippen LogP contribution in [0.25, 0.3) is 0 Å². The third-order valence-electron chi connectivity index (χ3n) is 4.56. The molecule has 0 saturated carbocycles. The molecule has 30 heavy (non-hydrogen) atoms. The number of carbonyl (C=O) groups excluding carboxylic acids is 2. The van der Waals surface area contributed by atoms with Crippen LogP contribution < -0.4 is 16.4 Å². The molecule has 0 spiro atoms. The van der Waals surface area contributed by atoms with Gasteiger partial charge in [-0.2, -0.15) is 0 Å². The Morgan fingerprint density at radius 1 is 1.30 bits per heavy atom. The van der Waals surface area contributed by atoms with E-state index in [4.69, 9.17) is 5.73 Å². The second kappa shape index (κ2) is 16.3. The van der Waals surface area contributed by atoms with Crippen molar-refractivity contribution in [2.24, 2.45) is 12.8 Å². The molecule has 0 radical (unpaired) electrons. The molecule has 7 heteroatoms. The van der Waals surface area contributed by atoms with Crippen LogP contribution in [0.4, 0.5) is 5.82 Å². The van der Waals surface area contributed by atoms with Crippen LogP contribution in [0.2, 0.25) is 0 Å². The summed E-state index contributed by atoms with van der Waals surface area (Å²) in [4.78, 5) is 25.2. The number of nitrogens with one attached hydrogen (secondary N) is 2. The maximum absolute atomic E-state index is 12.2. The van der Waals surface area contributed by atoms with E-state index in [9.17, 15) is 9.59 Å². The summed E-state index contributed by atoms with van der Waals surface area (Å²) < 4.78 is 1.62. The van der Waals surface area contributed by atoms with Crippen LogP contribution >= 0.6 is 0 Å². The maximum Gasteiger partial charge on any atom is 0.256 e. The second-order valence-corrected chi connectivity index (χ2v) is 6.78. The molecule has 1 aliphatic carbocycles. The summed E-state index contributed by atoms with van der Waals surface area (Å²) in [6.07, 6.45) is 10.5. The fraction of sp³-hybridized carbons (Fsp3) is 0.478. The van der Waals surface area contributed by atoms with Crippen molar-refractivity contribution in [1.82, 2.24) is 14.8 Å². The minimum absolute atomic E-state index is 0.0838. The van der Waals surface area contributed by atoms with Crippen molar-refractivity contribution in [3.8, 4) is 0 Å². The summed E-state index contributed by atoms with van der Waals surface area (Å²) >= 11 is 0. The highest BCUT2D eigenvalue weighted by atomic mass is 16.1. The average molecular weight is 418 g/mol. The van der Waals surface area contributed by atoms with Crippen molar-refractivity contribution >= 4 is 18.0 Å². The minimum atomic E-state index is -0.237.